The Morgan fingerprint density at radius 3 is 2.47 bits per heavy atom. The van der Waals surface area contributed by atoms with Gasteiger partial charge >= 0.3 is 0 Å². The SMILES string of the molecule is CC(C)c1cnc(NC(=O)C2CC2)nc1. The Hall–Kier alpha value is -1.45. The molecule has 0 unspecified atom stereocenters. The molecule has 15 heavy (non-hydrogen) atoms. The number of anilines is 1. The van der Waals surface area contributed by atoms with Gasteiger partial charge in [-0.3, -0.25) is 10.1 Å². The third-order valence-electron chi connectivity index (χ3n) is 2.52. The lowest BCUT2D eigenvalue weighted by atomic mass is 10.1. The third kappa shape index (κ3) is 2.52. The Morgan fingerprint density at radius 2 is 2.00 bits per heavy atom. The van der Waals surface area contributed by atoms with E-state index in [1.54, 1.807) is 12.4 Å². The summed E-state index contributed by atoms with van der Waals surface area (Å²) < 4.78 is 0. The van der Waals surface area contributed by atoms with Crippen LogP contribution in [-0.2, 0) is 4.79 Å². The molecule has 2 rings (SSSR count). The van der Waals surface area contributed by atoms with E-state index in [0.29, 0.717) is 11.9 Å². The van der Waals surface area contributed by atoms with E-state index in [4.69, 9.17) is 0 Å². The summed E-state index contributed by atoms with van der Waals surface area (Å²) in [5.74, 6) is 1.07. The molecule has 0 atom stereocenters. The van der Waals surface area contributed by atoms with Crippen LogP contribution < -0.4 is 5.32 Å². The molecule has 0 aromatic carbocycles. The Balaban J connectivity index is 2.00. The van der Waals surface area contributed by atoms with Crippen LogP contribution >= 0.6 is 0 Å². The number of nitrogens with one attached hydrogen (secondary N) is 1. The number of nitrogens with zero attached hydrogens (tertiary/aromatic N) is 2. The van der Waals surface area contributed by atoms with Crippen LogP contribution in [0.2, 0.25) is 0 Å². The molecule has 1 aliphatic rings. The Bertz CT molecular complexity index is 355. The van der Waals surface area contributed by atoms with E-state index in [2.05, 4.69) is 29.1 Å². The van der Waals surface area contributed by atoms with Crippen LogP contribution in [0, 0.1) is 5.92 Å². The lowest BCUT2D eigenvalue weighted by Crippen LogP contribution is -2.15. The molecule has 0 radical (unpaired) electrons. The van der Waals surface area contributed by atoms with Crippen LogP contribution in [0.5, 0.6) is 0 Å². The van der Waals surface area contributed by atoms with Crippen LogP contribution in [0.25, 0.3) is 0 Å². The molecule has 0 aliphatic heterocycles. The molecule has 1 heterocycles. The average molecular weight is 205 g/mol. The number of amides is 1. The van der Waals surface area contributed by atoms with E-state index >= 15 is 0 Å². The number of rotatable bonds is 3. The van der Waals surface area contributed by atoms with E-state index < -0.39 is 0 Å². The van der Waals surface area contributed by atoms with E-state index in [1.165, 1.54) is 0 Å². The van der Waals surface area contributed by atoms with Crippen LogP contribution in [0.1, 0.15) is 38.2 Å². The molecule has 1 amide bonds. The Labute approximate surface area is 89.1 Å². The first kappa shape index (κ1) is 10.1. The average Bonchev–Trinajstić information content (AvgIpc) is 3.01. The smallest absolute Gasteiger partial charge is 0.229 e. The fraction of sp³-hybridized carbons (Fsp3) is 0.545. The minimum atomic E-state index is 0.0484. The van der Waals surface area contributed by atoms with Crippen molar-refractivity contribution in [1.82, 2.24) is 9.97 Å². The third-order valence-corrected chi connectivity index (χ3v) is 2.52. The topological polar surface area (TPSA) is 54.9 Å². The van der Waals surface area contributed by atoms with Gasteiger partial charge in [0, 0.05) is 18.3 Å². The van der Waals surface area contributed by atoms with Gasteiger partial charge in [0.25, 0.3) is 0 Å². The molecular formula is C11H15N3O. The molecule has 1 aromatic heterocycles. The molecule has 80 valence electrons. The zero-order chi connectivity index (χ0) is 10.8. The highest BCUT2D eigenvalue weighted by Crippen LogP contribution is 2.29. The van der Waals surface area contributed by atoms with Crippen molar-refractivity contribution in [1.29, 1.82) is 0 Å². The molecule has 1 N–H and O–H groups in total. The van der Waals surface area contributed by atoms with Gasteiger partial charge in [-0.2, -0.15) is 0 Å². The second-order valence-electron chi connectivity index (χ2n) is 4.26. The predicted molar refractivity (Wildman–Crippen MR) is 57.5 cm³/mol. The summed E-state index contributed by atoms with van der Waals surface area (Å²) >= 11 is 0. The highest BCUT2D eigenvalue weighted by Gasteiger charge is 2.29. The quantitative estimate of drug-likeness (QED) is 0.820. The number of hydrogen-bond donors (Lipinski definition) is 1. The van der Waals surface area contributed by atoms with E-state index in [0.717, 1.165) is 18.4 Å². The van der Waals surface area contributed by atoms with Gasteiger partial charge in [-0.15, -0.1) is 0 Å². The van der Waals surface area contributed by atoms with Crippen LogP contribution in [0.15, 0.2) is 12.4 Å². The molecular weight excluding hydrogens is 190 g/mol. The first-order chi connectivity index (χ1) is 7.16. The summed E-state index contributed by atoms with van der Waals surface area (Å²) in [7, 11) is 0. The fourth-order valence-corrected chi connectivity index (χ4v) is 1.26. The minimum Gasteiger partial charge on any atom is -0.294 e. The Morgan fingerprint density at radius 1 is 1.40 bits per heavy atom. The van der Waals surface area contributed by atoms with Gasteiger partial charge in [-0.25, -0.2) is 9.97 Å². The molecule has 1 fully saturated rings. The summed E-state index contributed by atoms with van der Waals surface area (Å²) in [5.41, 5.74) is 1.08. The van der Waals surface area contributed by atoms with Crippen molar-refractivity contribution in [3.8, 4) is 0 Å². The normalized spacial score (nSPS) is 15.4. The largest absolute Gasteiger partial charge is 0.294 e. The van der Waals surface area contributed by atoms with Gasteiger partial charge in [0.15, 0.2) is 0 Å². The zero-order valence-corrected chi connectivity index (χ0v) is 9.03. The van der Waals surface area contributed by atoms with Crippen molar-refractivity contribution in [3.63, 3.8) is 0 Å². The molecule has 0 bridgehead atoms. The standard InChI is InChI=1S/C11H15N3O/c1-7(2)9-5-12-11(13-6-9)14-10(15)8-3-4-8/h5-8H,3-4H2,1-2H3,(H,12,13,14,15). The lowest BCUT2D eigenvalue weighted by Gasteiger charge is -2.05. The van der Waals surface area contributed by atoms with Gasteiger partial charge in [0.05, 0.1) is 0 Å². The van der Waals surface area contributed by atoms with Crippen molar-refractivity contribution in [2.75, 3.05) is 5.32 Å². The van der Waals surface area contributed by atoms with Crippen LogP contribution in [0.3, 0.4) is 0 Å². The van der Waals surface area contributed by atoms with E-state index in [9.17, 15) is 4.79 Å². The minimum absolute atomic E-state index is 0.0484. The van der Waals surface area contributed by atoms with Gasteiger partial charge in [0.2, 0.25) is 11.9 Å². The maximum Gasteiger partial charge on any atom is 0.229 e. The van der Waals surface area contributed by atoms with Crippen molar-refractivity contribution >= 4 is 11.9 Å². The maximum absolute atomic E-state index is 11.4. The fourth-order valence-electron chi connectivity index (χ4n) is 1.26. The van der Waals surface area contributed by atoms with Crippen molar-refractivity contribution in [2.24, 2.45) is 5.92 Å². The summed E-state index contributed by atoms with van der Waals surface area (Å²) in [6, 6.07) is 0. The number of hydrogen-bond acceptors (Lipinski definition) is 3. The van der Waals surface area contributed by atoms with Crippen LogP contribution in [-0.4, -0.2) is 15.9 Å². The van der Waals surface area contributed by atoms with Crippen molar-refractivity contribution in [3.05, 3.63) is 18.0 Å². The second-order valence-corrected chi connectivity index (χ2v) is 4.26. The molecule has 4 nitrogen and oxygen atoms in total. The van der Waals surface area contributed by atoms with Gasteiger partial charge in [0.1, 0.15) is 0 Å². The lowest BCUT2D eigenvalue weighted by molar-refractivity contribution is -0.117. The number of carbonyl (C=O) groups is 1. The highest BCUT2D eigenvalue weighted by molar-refractivity contribution is 5.92. The van der Waals surface area contributed by atoms with E-state index in [-0.39, 0.29) is 11.8 Å². The van der Waals surface area contributed by atoms with Gasteiger partial charge in [-0.05, 0) is 24.3 Å². The highest BCUT2D eigenvalue weighted by atomic mass is 16.2. The molecule has 1 aliphatic carbocycles. The van der Waals surface area contributed by atoms with Crippen molar-refractivity contribution in [2.45, 2.75) is 32.6 Å². The maximum atomic E-state index is 11.4. The van der Waals surface area contributed by atoms with Gasteiger partial charge in [-0.1, -0.05) is 13.8 Å². The molecule has 4 heteroatoms. The number of aromatic nitrogens is 2. The van der Waals surface area contributed by atoms with Gasteiger partial charge < -0.3 is 0 Å². The van der Waals surface area contributed by atoms with Crippen molar-refractivity contribution < 1.29 is 4.79 Å². The first-order valence-electron chi connectivity index (χ1n) is 5.29. The molecule has 1 aromatic rings. The number of carbonyl (C=O) groups excluding carboxylic acids is 1. The summed E-state index contributed by atoms with van der Waals surface area (Å²) in [6.45, 7) is 4.17. The summed E-state index contributed by atoms with van der Waals surface area (Å²) in [6.07, 6.45) is 5.52. The zero-order valence-electron chi connectivity index (χ0n) is 9.03. The summed E-state index contributed by atoms with van der Waals surface area (Å²) in [5, 5.41) is 2.71. The first-order valence-corrected chi connectivity index (χ1v) is 5.29. The van der Waals surface area contributed by atoms with Crippen LogP contribution in [0.4, 0.5) is 5.95 Å². The second kappa shape index (κ2) is 3.96. The predicted octanol–water partition coefficient (Wildman–Crippen LogP) is 1.95. The molecule has 1 saturated carbocycles. The summed E-state index contributed by atoms with van der Waals surface area (Å²) in [4.78, 5) is 19.6. The Kier molecular flexibility index (Phi) is 2.66. The molecule has 0 spiro atoms. The molecule has 0 saturated heterocycles. The van der Waals surface area contributed by atoms with E-state index in [1.807, 2.05) is 0 Å². The monoisotopic (exact) mass is 205 g/mol.